The van der Waals surface area contributed by atoms with Gasteiger partial charge in [0, 0.05) is 32.2 Å². The van der Waals surface area contributed by atoms with Crippen LogP contribution in [0.25, 0.3) is 0 Å². The van der Waals surface area contributed by atoms with Gasteiger partial charge in [-0.15, -0.1) is 0 Å². The lowest BCUT2D eigenvalue weighted by molar-refractivity contribution is -0.142. The molecule has 9 heteroatoms. The van der Waals surface area contributed by atoms with Gasteiger partial charge < -0.3 is 14.4 Å². The van der Waals surface area contributed by atoms with E-state index in [0.717, 1.165) is 12.8 Å². The fourth-order valence-electron chi connectivity index (χ4n) is 3.50. The summed E-state index contributed by atoms with van der Waals surface area (Å²) in [7, 11) is -3.67. The number of aryl methyl sites for hydroxylation is 1. The van der Waals surface area contributed by atoms with Crippen molar-refractivity contribution in [2.75, 3.05) is 26.2 Å². The van der Waals surface area contributed by atoms with Crippen LogP contribution in [0.3, 0.4) is 0 Å². The fraction of sp³-hybridized carbons (Fsp3) is 0.625. The molecule has 0 bridgehead atoms. The summed E-state index contributed by atoms with van der Waals surface area (Å²) in [5.41, 5.74) is 0. The van der Waals surface area contributed by atoms with Gasteiger partial charge in [-0.3, -0.25) is 9.59 Å². The number of carboxylic acid groups (broad SMARTS) is 1. The summed E-state index contributed by atoms with van der Waals surface area (Å²) in [5.74, 6) is -2.07. The lowest BCUT2D eigenvalue weighted by Crippen LogP contribution is -2.30. The maximum atomic E-state index is 12.7. The van der Waals surface area contributed by atoms with E-state index in [-0.39, 0.29) is 28.9 Å². The summed E-state index contributed by atoms with van der Waals surface area (Å²) in [6, 6.07) is 1.27. The molecular weight excluding hydrogens is 348 g/mol. The average molecular weight is 370 g/mol. The Balaban J connectivity index is 1.83. The van der Waals surface area contributed by atoms with Gasteiger partial charge in [0.05, 0.1) is 5.92 Å². The number of carbonyl (C=O) groups excluding carboxylic acids is 1. The summed E-state index contributed by atoms with van der Waals surface area (Å²) in [6.45, 7) is 4.66. The van der Waals surface area contributed by atoms with Gasteiger partial charge in [0.1, 0.15) is 10.7 Å². The highest BCUT2D eigenvalue weighted by atomic mass is 32.2. The van der Waals surface area contributed by atoms with Crippen molar-refractivity contribution in [1.82, 2.24) is 9.21 Å². The van der Waals surface area contributed by atoms with Gasteiger partial charge in [-0.05, 0) is 25.7 Å². The largest absolute Gasteiger partial charge is 0.481 e. The number of likely N-dealkylation sites (tertiary alicyclic amines) is 1. The smallest absolute Gasteiger partial charge is 0.308 e. The first-order valence-corrected chi connectivity index (χ1v) is 9.78. The maximum Gasteiger partial charge on any atom is 0.308 e. The molecule has 3 heterocycles. The number of hydrogen-bond donors (Lipinski definition) is 1. The van der Waals surface area contributed by atoms with Crippen molar-refractivity contribution in [2.24, 2.45) is 11.8 Å². The molecule has 138 valence electrons. The lowest BCUT2D eigenvalue weighted by atomic mass is 9.99. The van der Waals surface area contributed by atoms with Crippen LogP contribution in [0.2, 0.25) is 0 Å². The van der Waals surface area contributed by atoms with Crippen LogP contribution in [0.5, 0.6) is 0 Å². The Morgan fingerprint density at radius 2 is 1.88 bits per heavy atom. The van der Waals surface area contributed by atoms with E-state index in [0.29, 0.717) is 19.6 Å². The first kappa shape index (κ1) is 17.9. The molecule has 1 N–H and O–H groups in total. The van der Waals surface area contributed by atoms with E-state index < -0.39 is 27.8 Å². The summed E-state index contributed by atoms with van der Waals surface area (Å²) in [4.78, 5) is 25.2. The number of furan rings is 1. The fourth-order valence-corrected chi connectivity index (χ4v) is 5.18. The minimum absolute atomic E-state index is 0.0137. The molecule has 0 aliphatic carbocycles. The van der Waals surface area contributed by atoms with Gasteiger partial charge in [0.25, 0.3) is 5.91 Å². The van der Waals surface area contributed by atoms with Gasteiger partial charge in [-0.2, -0.15) is 4.31 Å². The number of sulfonamides is 1. The van der Waals surface area contributed by atoms with E-state index in [1.807, 2.05) is 0 Å². The Hall–Kier alpha value is -1.87. The molecule has 25 heavy (non-hydrogen) atoms. The molecule has 2 aliphatic rings. The molecular formula is C16H22N2O6S. The second kappa shape index (κ2) is 6.45. The predicted octanol–water partition coefficient (Wildman–Crippen LogP) is 1.17. The molecule has 2 saturated heterocycles. The van der Waals surface area contributed by atoms with Crippen LogP contribution in [0.15, 0.2) is 15.4 Å². The summed E-state index contributed by atoms with van der Waals surface area (Å²) >= 11 is 0. The number of nitrogens with zero attached hydrogens (tertiary/aromatic N) is 2. The Morgan fingerprint density at radius 1 is 1.24 bits per heavy atom. The molecule has 2 aliphatic heterocycles. The molecule has 1 aromatic rings. The highest BCUT2D eigenvalue weighted by Crippen LogP contribution is 2.29. The minimum Gasteiger partial charge on any atom is -0.481 e. The third kappa shape index (κ3) is 3.18. The van der Waals surface area contributed by atoms with Crippen LogP contribution in [0.4, 0.5) is 0 Å². The third-order valence-corrected chi connectivity index (χ3v) is 6.99. The van der Waals surface area contributed by atoms with Gasteiger partial charge in [0.15, 0.2) is 5.76 Å². The van der Waals surface area contributed by atoms with Crippen molar-refractivity contribution >= 4 is 21.9 Å². The van der Waals surface area contributed by atoms with Gasteiger partial charge in [0.2, 0.25) is 10.0 Å². The van der Waals surface area contributed by atoms with Crippen LogP contribution in [0, 0.1) is 18.8 Å². The molecule has 3 rings (SSSR count). The van der Waals surface area contributed by atoms with Crippen LogP contribution in [-0.4, -0.2) is 60.8 Å². The average Bonchev–Trinajstić information content (AvgIpc) is 3.25. The van der Waals surface area contributed by atoms with E-state index in [9.17, 15) is 23.1 Å². The van der Waals surface area contributed by atoms with Crippen molar-refractivity contribution in [1.29, 1.82) is 0 Å². The Morgan fingerprint density at radius 3 is 2.44 bits per heavy atom. The highest BCUT2D eigenvalue weighted by molar-refractivity contribution is 7.89. The molecule has 8 nitrogen and oxygen atoms in total. The van der Waals surface area contributed by atoms with Crippen molar-refractivity contribution in [3.8, 4) is 0 Å². The zero-order valence-corrected chi connectivity index (χ0v) is 15.1. The van der Waals surface area contributed by atoms with Gasteiger partial charge in [-0.25, -0.2) is 8.42 Å². The Kier molecular flexibility index (Phi) is 4.63. The third-order valence-electron chi connectivity index (χ3n) is 4.98. The maximum absolute atomic E-state index is 12.7. The van der Waals surface area contributed by atoms with Crippen LogP contribution >= 0.6 is 0 Å². The summed E-state index contributed by atoms with van der Waals surface area (Å²) < 4.78 is 32.2. The number of hydrogen-bond acceptors (Lipinski definition) is 5. The van der Waals surface area contributed by atoms with E-state index >= 15 is 0 Å². The molecule has 2 atom stereocenters. The molecule has 0 aromatic carbocycles. The second-order valence-electron chi connectivity index (χ2n) is 6.77. The molecule has 0 saturated carbocycles. The van der Waals surface area contributed by atoms with Gasteiger partial charge >= 0.3 is 5.97 Å². The second-order valence-corrected chi connectivity index (χ2v) is 8.68. The van der Waals surface area contributed by atoms with E-state index in [1.165, 1.54) is 22.2 Å². The summed E-state index contributed by atoms with van der Waals surface area (Å²) in [5, 5.41) is 9.18. The normalized spacial score (nSPS) is 24.8. The number of rotatable bonds is 4. The number of carboxylic acids is 1. The molecule has 1 amide bonds. The van der Waals surface area contributed by atoms with Crippen LogP contribution in [-0.2, 0) is 14.8 Å². The van der Waals surface area contributed by atoms with E-state index in [4.69, 9.17) is 4.42 Å². The number of aliphatic carboxylic acids is 1. The van der Waals surface area contributed by atoms with Crippen molar-refractivity contribution in [3.63, 3.8) is 0 Å². The first-order valence-electron chi connectivity index (χ1n) is 8.34. The zero-order chi connectivity index (χ0) is 18.4. The summed E-state index contributed by atoms with van der Waals surface area (Å²) in [6.07, 6.45) is 1.65. The first-order chi connectivity index (χ1) is 11.7. The zero-order valence-electron chi connectivity index (χ0n) is 14.3. The minimum atomic E-state index is -3.67. The highest BCUT2D eigenvalue weighted by Gasteiger charge is 2.39. The van der Waals surface area contributed by atoms with Crippen LogP contribution in [0.1, 0.15) is 36.1 Å². The predicted molar refractivity (Wildman–Crippen MR) is 87.6 cm³/mol. The quantitative estimate of drug-likeness (QED) is 0.852. The SMILES string of the molecule is Cc1oc(C(=O)N2C[C@@H](C)[C@H](C(=O)O)C2)cc1S(=O)(=O)N1CCCC1. The lowest BCUT2D eigenvalue weighted by Gasteiger charge is -2.14. The molecule has 0 radical (unpaired) electrons. The number of carbonyl (C=O) groups is 2. The molecule has 0 unspecified atom stereocenters. The van der Waals surface area contributed by atoms with Crippen molar-refractivity contribution in [2.45, 2.75) is 31.6 Å². The van der Waals surface area contributed by atoms with Gasteiger partial charge in [-0.1, -0.05) is 6.92 Å². The molecule has 1 aromatic heterocycles. The Labute approximate surface area is 146 Å². The molecule has 2 fully saturated rings. The Bertz CT molecular complexity index is 794. The topological polar surface area (TPSA) is 108 Å². The number of amides is 1. The van der Waals surface area contributed by atoms with E-state index in [2.05, 4.69) is 0 Å². The van der Waals surface area contributed by atoms with E-state index in [1.54, 1.807) is 6.92 Å². The van der Waals surface area contributed by atoms with Crippen molar-refractivity contribution < 1.29 is 27.5 Å². The van der Waals surface area contributed by atoms with Crippen molar-refractivity contribution in [3.05, 3.63) is 17.6 Å². The molecule has 0 spiro atoms. The monoisotopic (exact) mass is 370 g/mol. The van der Waals surface area contributed by atoms with Crippen LogP contribution < -0.4 is 0 Å². The standard InChI is InChI=1S/C16H22N2O6S/c1-10-8-17(9-12(10)16(20)21)15(19)13-7-14(11(2)24-13)25(22,23)18-5-3-4-6-18/h7,10,12H,3-6,8-9H2,1-2H3,(H,20,21)/t10-,12-/m1/s1.